The summed E-state index contributed by atoms with van der Waals surface area (Å²) in [6, 6.07) is 3.62. The van der Waals surface area contributed by atoms with E-state index in [4.69, 9.17) is 5.11 Å². The Morgan fingerprint density at radius 3 is 2.93 bits per heavy atom. The van der Waals surface area contributed by atoms with Gasteiger partial charge in [0.1, 0.15) is 0 Å². The molecule has 0 fully saturated rings. The second-order valence-electron chi connectivity index (χ2n) is 3.10. The Labute approximate surface area is 83.3 Å². The fourth-order valence-corrected chi connectivity index (χ4v) is 1.40. The van der Waals surface area contributed by atoms with Gasteiger partial charge in [0.15, 0.2) is 0 Å². The molecule has 0 unspecified atom stereocenters. The van der Waals surface area contributed by atoms with E-state index in [2.05, 4.69) is 0 Å². The van der Waals surface area contributed by atoms with E-state index >= 15 is 0 Å². The average Bonchev–Trinajstić information content (AvgIpc) is 2.19. The minimum Gasteiger partial charge on any atom is -0.392 e. The number of hydrogen-bond acceptors (Lipinski definition) is 2. The summed E-state index contributed by atoms with van der Waals surface area (Å²) in [6.45, 7) is 1.94. The van der Waals surface area contributed by atoms with E-state index in [1.807, 2.05) is 13.0 Å². The lowest BCUT2D eigenvalue weighted by Crippen LogP contribution is -2.19. The highest BCUT2D eigenvalue weighted by atomic mass is 16.2. The highest BCUT2D eigenvalue weighted by Gasteiger charge is 2.04. The molecule has 0 aliphatic rings. The van der Waals surface area contributed by atoms with Crippen LogP contribution in [0.15, 0.2) is 29.2 Å². The van der Waals surface area contributed by atoms with Crippen LogP contribution in [0.25, 0.3) is 5.57 Å². The molecule has 14 heavy (non-hydrogen) atoms. The van der Waals surface area contributed by atoms with Gasteiger partial charge in [0.2, 0.25) is 0 Å². The van der Waals surface area contributed by atoms with Gasteiger partial charge in [-0.3, -0.25) is 4.79 Å². The van der Waals surface area contributed by atoms with Gasteiger partial charge in [-0.1, -0.05) is 13.0 Å². The predicted octanol–water partition coefficient (Wildman–Crippen LogP) is 1.17. The van der Waals surface area contributed by atoms with Crippen LogP contribution in [0, 0.1) is 0 Å². The van der Waals surface area contributed by atoms with Gasteiger partial charge in [0.25, 0.3) is 5.56 Å². The highest BCUT2D eigenvalue weighted by Crippen LogP contribution is 2.12. The molecule has 0 aliphatic carbocycles. The van der Waals surface area contributed by atoms with Gasteiger partial charge >= 0.3 is 0 Å². The van der Waals surface area contributed by atoms with Crippen LogP contribution in [0.5, 0.6) is 0 Å². The van der Waals surface area contributed by atoms with Gasteiger partial charge in [-0.05, 0) is 24.1 Å². The predicted molar refractivity (Wildman–Crippen MR) is 57.0 cm³/mol. The number of hydrogen-bond donors (Lipinski definition) is 1. The second kappa shape index (κ2) is 4.77. The molecule has 1 N–H and O–H groups in total. The number of aromatic nitrogens is 1. The molecule has 0 spiro atoms. The lowest BCUT2D eigenvalue weighted by Gasteiger charge is -2.05. The Hall–Kier alpha value is -1.35. The first-order valence-corrected chi connectivity index (χ1v) is 4.66. The number of aliphatic hydroxyl groups is 1. The van der Waals surface area contributed by atoms with Crippen molar-refractivity contribution in [2.45, 2.75) is 13.3 Å². The molecule has 0 amide bonds. The maximum Gasteiger partial charge on any atom is 0.257 e. The average molecular weight is 193 g/mol. The molecule has 1 rings (SSSR count). The zero-order chi connectivity index (χ0) is 10.6. The molecule has 0 aliphatic heterocycles. The fraction of sp³-hybridized carbons (Fsp3) is 0.364. The zero-order valence-electron chi connectivity index (χ0n) is 8.53. The van der Waals surface area contributed by atoms with E-state index in [9.17, 15) is 4.79 Å². The second-order valence-corrected chi connectivity index (χ2v) is 3.10. The van der Waals surface area contributed by atoms with Gasteiger partial charge in [-0.15, -0.1) is 0 Å². The molecule has 3 nitrogen and oxygen atoms in total. The number of rotatable bonds is 3. The molecule has 0 saturated heterocycles. The summed E-state index contributed by atoms with van der Waals surface area (Å²) in [4.78, 5) is 11.7. The van der Waals surface area contributed by atoms with Crippen LogP contribution in [0.2, 0.25) is 0 Å². The normalized spacial score (nSPS) is 11.8. The number of pyridine rings is 1. The molecule has 1 aromatic heterocycles. The van der Waals surface area contributed by atoms with E-state index in [0.29, 0.717) is 5.56 Å². The first-order chi connectivity index (χ1) is 6.70. The van der Waals surface area contributed by atoms with Crippen LogP contribution in [0.1, 0.15) is 18.9 Å². The number of aliphatic hydroxyl groups excluding tert-OH is 1. The summed E-state index contributed by atoms with van der Waals surface area (Å²) in [5, 5.41) is 8.80. The summed E-state index contributed by atoms with van der Waals surface area (Å²) in [7, 11) is 1.72. The van der Waals surface area contributed by atoms with Gasteiger partial charge in [0, 0.05) is 18.8 Å². The zero-order valence-corrected chi connectivity index (χ0v) is 8.53. The third-order valence-corrected chi connectivity index (χ3v) is 2.19. The molecular formula is C11H15NO2. The molecule has 0 bridgehead atoms. The molecule has 76 valence electrons. The summed E-state index contributed by atoms with van der Waals surface area (Å²) >= 11 is 0. The Balaban J connectivity index is 3.24. The summed E-state index contributed by atoms with van der Waals surface area (Å²) < 4.78 is 1.54. The van der Waals surface area contributed by atoms with Gasteiger partial charge in [-0.25, -0.2) is 0 Å². The Morgan fingerprint density at radius 2 is 2.36 bits per heavy atom. The van der Waals surface area contributed by atoms with E-state index < -0.39 is 0 Å². The molecule has 0 radical (unpaired) electrons. The number of aryl methyl sites for hydroxylation is 1. The van der Waals surface area contributed by atoms with Gasteiger partial charge in [-0.2, -0.15) is 0 Å². The minimum atomic E-state index is -0.0266. The van der Waals surface area contributed by atoms with Crippen LogP contribution < -0.4 is 5.56 Å². The Morgan fingerprint density at radius 1 is 1.64 bits per heavy atom. The smallest absolute Gasteiger partial charge is 0.257 e. The Bertz CT molecular complexity index is 391. The monoisotopic (exact) mass is 193 g/mol. The number of nitrogens with zero attached hydrogens (tertiary/aromatic N) is 1. The molecule has 0 atom stereocenters. The topological polar surface area (TPSA) is 42.2 Å². The summed E-state index contributed by atoms with van der Waals surface area (Å²) in [5.41, 5.74) is 1.55. The van der Waals surface area contributed by atoms with Crippen molar-refractivity contribution in [2.75, 3.05) is 6.61 Å². The van der Waals surface area contributed by atoms with Crippen molar-refractivity contribution in [1.29, 1.82) is 0 Å². The van der Waals surface area contributed by atoms with Crippen molar-refractivity contribution < 1.29 is 5.11 Å². The van der Waals surface area contributed by atoms with Crippen molar-refractivity contribution >= 4 is 5.57 Å². The third-order valence-electron chi connectivity index (χ3n) is 2.19. The maximum absolute atomic E-state index is 11.7. The maximum atomic E-state index is 11.7. The quantitative estimate of drug-likeness (QED) is 0.783. The van der Waals surface area contributed by atoms with Crippen LogP contribution in [0.4, 0.5) is 0 Å². The summed E-state index contributed by atoms with van der Waals surface area (Å²) in [6.07, 6.45) is 4.15. The van der Waals surface area contributed by atoms with E-state index in [-0.39, 0.29) is 12.2 Å². The van der Waals surface area contributed by atoms with Crippen LogP contribution >= 0.6 is 0 Å². The van der Waals surface area contributed by atoms with Crippen LogP contribution in [-0.2, 0) is 7.05 Å². The van der Waals surface area contributed by atoms with E-state index in [1.54, 1.807) is 25.4 Å². The first kappa shape index (κ1) is 10.7. The van der Waals surface area contributed by atoms with Gasteiger partial charge in [0.05, 0.1) is 6.61 Å². The SMILES string of the molecule is CC/C(=C\CO)c1cccn(C)c1=O. The minimum absolute atomic E-state index is 0.0194. The molecule has 1 aromatic rings. The standard InChI is InChI=1S/C11H15NO2/c1-3-9(6-8-13)10-5-4-7-12(2)11(10)14/h4-7,13H,3,8H2,1-2H3/b9-6+. The number of allylic oxidation sites excluding steroid dienone is 1. The lowest BCUT2D eigenvalue weighted by atomic mass is 10.1. The first-order valence-electron chi connectivity index (χ1n) is 4.66. The molecule has 3 heteroatoms. The van der Waals surface area contributed by atoms with Crippen LogP contribution in [-0.4, -0.2) is 16.3 Å². The van der Waals surface area contributed by atoms with Crippen molar-refractivity contribution in [3.8, 4) is 0 Å². The van der Waals surface area contributed by atoms with Crippen LogP contribution in [0.3, 0.4) is 0 Å². The van der Waals surface area contributed by atoms with Crippen molar-refractivity contribution in [3.63, 3.8) is 0 Å². The lowest BCUT2D eigenvalue weighted by molar-refractivity contribution is 0.343. The van der Waals surface area contributed by atoms with E-state index in [1.165, 1.54) is 4.57 Å². The van der Waals surface area contributed by atoms with E-state index in [0.717, 1.165) is 12.0 Å². The molecule has 0 saturated carbocycles. The van der Waals surface area contributed by atoms with Crippen molar-refractivity contribution in [3.05, 3.63) is 40.3 Å². The Kier molecular flexibility index (Phi) is 3.65. The highest BCUT2D eigenvalue weighted by molar-refractivity contribution is 5.64. The molecule has 1 heterocycles. The van der Waals surface area contributed by atoms with Gasteiger partial charge < -0.3 is 9.67 Å². The van der Waals surface area contributed by atoms with Crippen molar-refractivity contribution in [1.82, 2.24) is 4.57 Å². The fourth-order valence-electron chi connectivity index (χ4n) is 1.40. The van der Waals surface area contributed by atoms with Crippen molar-refractivity contribution in [2.24, 2.45) is 7.05 Å². The molecular weight excluding hydrogens is 178 g/mol. The largest absolute Gasteiger partial charge is 0.392 e. The third kappa shape index (κ3) is 2.12. The summed E-state index contributed by atoms with van der Waals surface area (Å²) in [5.74, 6) is 0. The molecule has 0 aromatic carbocycles.